The summed E-state index contributed by atoms with van der Waals surface area (Å²) in [7, 11) is 0. The molecular weight excluding hydrogens is 285 g/mol. The van der Waals surface area contributed by atoms with Gasteiger partial charge in [-0.15, -0.1) is 0 Å². The molecule has 2 aromatic rings. The van der Waals surface area contributed by atoms with Gasteiger partial charge in [-0.3, -0.25) is 4.79 Å². The summed E-state index contributed by atoms with van der Waals surface area (Å²) < 4.78 is 1.92. The molecule has 3 nitrogen and oxygen atoms in total. The number of halogens is 2. The van der Waals surface area contributed by atoms with Crippen LogP contribution in [-0.2, 0) is 11.2 Å². The fraction of sp³-hybridized carbons (Fsp3) is 0.214. The molecule has 0 aliphatic heterocycles. The second-order valence-electron chi connectivity index (χ2n) is 4.40. The molecule has 19 heavy (non-hydrogen) atoms. The van der Waals surface area contributed by atoms with E-state index >= 15 is 0 Å². The quantitative estimate of drug-likeness (QED) is 0.929. The van der Waals surface area contributed by atoms with Crippen molar-refractivity contribution in [2.75, 3.05) is 0 Å². The molecule has 0 unspecified atom stereocenters. The third kappa shape index (κ3) is 2.77. The molecule has 1 heterocycles. The molecule has 1 N–H and O–H groups in total. The van der Waals surface area contributed by atoms with Gasteiger partial charge in [-0.2, -0.15) is 0 Å². The Kier molecular flexibility index (Phi) is 3.88. The van der Waals surface area contributed by atoms with Crippen LogP contribution in [0.3, 0.4) is 0 Å². The van der Waals surface area contributed by atoms with Crippen LogP contribution in [0.2, 0.25) is 10.0 Å². The number of carboxylic acids is 1. The lowest BCUT2D eigenvalue weighted by molar-refractivity contribution is -0.136. The predicted octanol–water partition coefficient (Wildman–Crippen LogP) is 4.03. The van der Waals surface area contributed by atoms with Crippen molar-refractivity contribution in [3.63, 3.8) is 0 Å². The van der Waals surface area contributed by atoms with Crippen LogP contribution in [0.15, 0.2) is 24.3 Å². The normalized spacial score (nSPS) is 10.7. The predicted molar refractivity (Wildman–Crippen MR) is 76.6 cm³/mol. The van der Waals surface area contributed by atoms with E-state index in [9.17, 15) is 4.79 Å². The molecule has 1 aromatic carbocycles. The number of rotatable bonds is 3. The van der Waals surface area contributed by atoms with Gasteiger partial charge in [-0.1, -0.05) is 23.2 Å². The van der Waals surface area contributed by atoms with Crippen LogP contribution in [0, 0.1) is 13.8 Å². The molecule has 5 heteroatoms. The van der Waals surface area contributed by atoms with Crippen molar-refractivity contribution >= 4 is 29.2 Å². The van der Waals surface area contributed by atoms with Gasteiger partial charge in [0.1, 0.15) is 0 Å². The summed E-state index contributed by atoms with van der Waals surface area (Å²) in [4.78, 5) is 10.8. The van der Waals surface area contributed by atoms with E-state index in [4.69, 9.17) is 28.3 Å². The van der Waals surface area contributed by atoms with Crippen molar-refractivity contribution in [1.29, 1.82) is 0 Å². The van der Waals surface area contributed by atoms with Gasteiger partial charge in [-0.25, -0.2) is 0 Å². The number of hydrogen-bond acceptors (Lipinski definition) is 1. The Morgan fingerprint density at radius 1 is 1.26 bits per heavy atom. The van der Waals surface area contributed by atoms with Crippen molar-refractivity contribution in [1.82, 2.24) is 4.57 Å². The summed E-state index contributed by atoms with van der Waals surface area (Å²) in [6.07, 6.45) is -0.00212. The number of aromatic nitrogens is 1. The third-order valence-electron chi connectivity index (χ3n) is 3.03. The van der Waals surface area contributed by atoms with E-state index in [1.807, 2.05) is 24.5 Å². The van der Waals surface area contributed by atoms with E-state index in [0.717, 1.165) is 22.6 Å². The molecular formula is C14H13Cl2NO2. The summed E-state index contributed by atoms with van der Waals surface area (Å²) in [5.41, 5.74) is 3.34. The number of carboxylic acid groups (broad SMARTS) is 1. The van der Waals surface area contributed by atoms with E-state index in [1.165, 1.54) is 0 Å². The highest BCUT2D eigenvalue weighted by Gasteiger charge is 2.15. The largest absolute Gasteiger partial charge is 0.481 e. The minimum absolute atomic E-state index is 0.00212. The zero-order chi connectivity index (χ0) is 14.2. The van der Waals surface area contributed by atoms with Crippen LogP contribution in [0.5, 0.6) is 0 Å². The summed E-state index contributed by atoms with van der Waals surface area (Å²) in [5, 5.41) is 10.1. The van der Waals surface area contributed by atoms with E-state index in [2.05, 4.69) is 0 Å². The zero-order valence-corrected chi connectivity index (χ0v) is 12.1. The lowest BCUT2D eigenvalue weighted by atomic mass is 10.2. The highest BCUT2D eigenvalue weighted by atomic mass is 35.5. The number of benzene rings is 1. The fourth-order valence-corrected chi connectivity index (χ4v) is 2.57. The number of hydrogen-bond donors (Lipinski definition) is 1. The van der Waals surface area contributed by atoms with Crippen molar-refractivity contribution in [3.05, 3.63) is 51.3 Å². The minimum atomic E-state index is -0.850. The Morgan fingerprint density at radius 2 is 1.95 bits per heavy atom. The summed E-state index contributed by atoms with van der Waals surface area (Å²) in [6.45, 7) is 3.79. The first kappa shape index (κ1) is 14.0. The summed E-state index contributed by atoms with van der Waals surface area (Å²) in [5.74, 6) is -0.850. The molecule has 0 saturated carbocycles. The Balaban J connectivity index is 2.59. The Bertz CT molecular complexity index is 647. The van der Waals surface area contributed by atoms with Crippen LogP contribution in [0.25, 0.3) is 5.69 Å². The molecule has 0 fully saturated rings. The van der Waals surface area contributed by atoms with Crippen LogP contribution < -0.4 is 0 Å². The maximum atomic E-state index is 10.8. The topological polar surface area (TPSA) is 42.2 Å². The highest BCUT2D eigenvalue weighted by molar-refractivity contribution is 6.34. The first-order chi connectivity index (χ1) is 8.90. The van der Waals surface area contributed by atoms with E-state index in [-0.39, 0.29) is 6.42 Å². The van der Waals surface area contributed by atoms with Crippen LogP contribution >= 0.6 is 23.2 Å². The molecule has 0 aliphatic carbocycles. The van der Waals surface area contributed by atoms with Gasteiger partial charge in [0, 0.05) is 16.4 Å². The van der Waals surface area contributed by atoms with Gasteiger partial charge in [-0.05, 0) is 43.7 Å². The standard InChI is InChI=1S/C14H13Cl2NO2/c1-8-5-10(6-14(18)19)9(2)17(8)13-7-11(15)3-4-12(13)16/h3-5,7H,6H2,1-2H3,(H,18,19). The molecule has 0 atom stereocenters. The van der Waals surface area contributed by atoms with Gasteiger partial charge in [0.05, 0.1) is 17.1 Å². The van der Waals surface area contributed by atoms with Crippen LogP contribution in [0.4, 0.5) is 0 Å². The second-order valence-corrected chi connectivity index (χ2v) is 5.24. The van der Waals surface area contributed by atoms with Gasteiger partial charge in [0.2, 0.25) is 0 Å². The van der Waals surface area contributed by atoms with Gasteiger partial charge >= 0.3 is 5.97 Å². The molecule has 100 valence electrons. The molecule has 0 saturated heterocycles. The maximum absolute atomic E-state index is 10.8. The second kappa shape index (κ2) is 5.27. The van der Waals surface area contributed by atoms with Crippen LogP contribution in [-0.4, -0.2) is 15.6 Å². The Morgan fingerprint density at radius 3 is 2.58 bits per heavy atom. The van der Waals surface area contributed by atoms with E-state index < -0.39 is 5.97 Å². The van der Waals surface area contributed by atoms with Gasteiger partial charge in [0.25, 0.3) is 0 Å². The van der Waals surface area contributed by atoms with Crippen molar-refractivity contribution in [2.24, 2.45) is 0 Å². The van der Waals surface area contributed by atoms with Gasteiger partial charge in [0.15, 0.2) is 0 Å². The molecule has 0 radical (unpaired) electrons. The SMILES string of the molecule is Cc1cc(CC(=O)O)c(C)n1-c1cc(Cl)ccc1Cl. The molecule has 2 rings (SSSR count). The zero-order valence-electron chi connectivity index (χ0n) is 10.6. The molecule has 1 aromatic heterocycles. The lowest BCUT2D eigenvalue weighted by Crippen LogP contribution is -2.03. The minimum Gasteiger partial charge on any atom is -0.481 e. The Hall–Kier alpha value is -1.45. The number of aryl methyl sites for hydroxylation is 1. The number of nitrogens with zero attached hydrogens (tertiary/aromatic N) is 1. The van der Waals surface area contributed by atoms with Gasteiger partial charge < -0.3 is 9.67 Å². The molecule has 0 amide bonds. The maximum Gasteiger partial charge on any atom is 0.307 e. The number of aliphatic carboxylic acids is 1. The number of carbonyl (C=O) groups is 1. The average molecular weight is 298 g/mol. The summed E-state index contributed by atoms with van der Waals surface area (Å²) >= 11 is 12.2. The van der Waals surface area contributed by atoms with E-state index in [0.29, 0.717) is 10.0 Å². The molecule has 0 aliphatic rings. The van der Waals surface area contributed by atoms with Crippen molar-refractivity contribution in [3.8, 4) is 5.69 Å². The first-order valence-electron chi connectivity index (χ1n) is 5.75. The Labute approximate surface area is 121 Å². The van der Waals surface area contributed by atoms with E-state index in [1.54, 1.807) is 18.2 Å². The lowest BCUT2D eigenvalue weighted by Gasteiger charge is -2.12. The summed E-state index contributed by atoms with van der Waals surface area (Å²) in [6, 6.07) is 7.09. The first-order valence-corrected chi connectivity index (χ1v) is 6.50. The molecule has 0 spiro atoms. The third-order valence-corrected chi connectivity index (χ3v) is 3.58. The average Bonchev–Trinajstić information content (AvgIpc) is 2.57. The van der Waals surface area contributed by atoms with Crippen LogP contribution in [0.1, 0.15) is 17.0 Å². The highest BCUT2D eigenvalue weighted by Crippen LogP contribution is 2.29. The van der Waals surface area contributed by atoms with Crippen molar-refractivity contribution in [2.45, 2.75) is 20.3 Å². The fourth-order valence-electron chi connectivity index (χ4n) is 2.20. The molecule has 0 bridgehead atoms. The van der Waals surface area contributed by atoms with Crippen molar-refractivity contribution < 1.29 is 9.90 Å². The smallest absolute Gasteiger partial charge is 0.307 e. The monoisotopic (exact) mass is 297 g/mol.